The van der Waals surface area contributed by atoms with E-state index in [1.807, 2.05) is 6.92 Å². The van der Waals surface area contributed by atoms with Gasteiger partial charge in [-0.1, -0.05) is 33.0 Å². The number of rotatable bonds is 6. The minimum absolute atomic E-state index is 0.00397. The standard InChI is InChI=1S/C13H21BrN2OS/c1-5-10(17-6-2)12-15-9(7-8(3)4)11(14)13(18)16-12/h8,10H,5-7H2,1-4H3,(H,15,16,18). The number of H-pyrrole nitrogens is 1. The van der Waals surface area contributed by atoms with E-state index in [-0.39, 0.29) is 6.10 Å². The van der Waals surface area contributed by atoms with Crippen molar-refractivity contribution in [2.45, 2.75) is 46.6 Å². The van der Waals surface area contributed by atoms with Crippen LogP contribution in [-0.2, 0) is 11.2 Å². The summed E-state index contributed by atoms with van der Waals surface area (Å²) < 4.78 is 7.19. The molecule has 0 saturated heterocycles. The molecule has 0 aromatic carbocycles. The van der Waals surface area contributed by atoms with Crippen molar-refractivity contribution in [2.75, 3.05) is 6.61 Å². The second kappa shape index (κ2) is 7.36. The molecule has 1 rings (SSSR count). The fourth-order valence-electron chi connectivity index (χ4n) is 1.82. The molecule has 1 unspecified atom stereocenters. The lowest BCUT2D eigenvalue weighted by Gasteiger charge is -2.17. The SMILES string of the molecule is CCOC(CC)c1nc(=S)c(Br)c(CC(C)C)[nH]1. The van der Waals surface area contributed by atoms with Gasteiger partial charge in [-0.2, -0.15) is 0 Å². The van der Waals surface area contributed by atoms with E-state index in [4.69, 9.17) is 17.0 Å². The van der Waals surface area contributed by atoms with Crippen molar-refractivity contribution >= 4 is 28.1 Å². The molecule has 0 aliphatic heterocycles. The van der Waals surface area contributed by atoms with E-state index in [2.05, 4.69) is 46.7 Å². The number of nitrogens with zero attached hydrogens (tertiary/aromatic N) is 1. The third kappa shape index (κ3) is 4.14. The second-order valence-corrected chi connectivity index (χ2v) is 5.85. The van der Waals surface area contributed by atoms with Crippen molar-refractivity contribution in [2.24, 2.45) is 5.92 Å². The van der Waals surface area contributed by atoms with Crippen molar-refractivity contribution in [3.63, 3.8) is 0 Å². The van der Waals surface area contributed by atoms with Crippen LogP contribution in [0.5, 0.6) is 0 Å². The summed E-state index contributed by atoms with van der Waals surface area (Å²) in [6.45, 7) is 9.12. The van der Waals surface area contributed by atoms with E-state index in [9.17, 15) is 0 Å². The highest BCUT2D eigenvalue weighted by Crippen LogP contribution is 2.23. The third-order valence-electron chi connectivity index (χ3n) is 2.61. The maximum Gasteiger partial charge on any atom is 0.144 e. The summed E-state index contributed by atoms with van der Waals surface area (Å²) in [7, 11) is 0. The molecule has 0 radical (unpaired) electrons. The lowest BCUT2D eigenvalue weighted by Crippen LogP contribution is -2.11. The monoisotopic (exact) mass is 332 g/mol. The zero-order chi connectivity index (χ0) is 13.7. The lowest BCUT2D eigenvalue weighted by atomic mass is 10.1. The van der Waals surface area contributed by atoms with Crippen LogP contribution in [0.3, 0.4) is 0 Å². The van der Waals surface area contributed by atoms with Gasteiger partial charge in [0.1, 0.15) is 16.6 Å². The van der Waals surface area contributed by atoms with Crippen LogP contribution in [0.2, 0.25) is 0 Å². The Morgan fingerprint density at radius 2 is 2.06 bits per heavy atom. The molecule has 0 fully saturated rings. The average molecular weight is 333 g/mol. The fourth-order valence-corrected chi connectivity index (χ4v) is 2.39. The van der Waals surface area contributed by atoms with E-state index >= 15 is 0 Å². The van der Waals surface area contributed by atoms with Gasteiger partial charge in [-0.25, -0.2) is 4.98 Å². The van der Waals surface area contributed by atoms with E-state index in [0.717, 1.165) is 28.8 Å². The molecule has 0 saturated carbocycles. The van der Waals surface area contributed by atoms with Crippen LogP contribution in [-0.4, -0.2) is 16.6 Å². The first-order valence-electron chi connectivity index (χ1n) is 6.39. The molecule has 1 heterocycles. The number of hydrogen-bond donors (Lipinski definition) is 1. The van der Waals surface area contributed by atoms with Gasteiger partial charge in [0.15, 0.2) is 0 Å². The third-order valence-corrected chi connectivity index (χ3v) is 4.02. The van der Waals surface area contributed by atoms with Crippen LogP contribution >= 0.6 is 28.1 Å². The van der Waals surface area contributed by atoms with Gasteiger partial charge in [-0.3, -0.25) is 0 Å². The highest BCUT2D eigenvalue weighted by molar-refractivity contribution is 9.10. The van der Waals surface area contributed by atoms with Gasteiger partial charge in [-0.05, 0) is 41.6 Å². The lowest BCUT2D eigenvalue weighted by molar-refractivity contribution is 0.0532. The Kier molecular flexibility index (Phi) is 6.46. The van der Waals surface area contributed by atoms with Crippen LogP contribution < -0.4 is 0 Å². The van der Waals surface area contributed by atoms with Gasteiger partial charge >= 0.3 is 0 Å². The van der Waals surface area contributed by atoms with E-state index in [0.29, 0.717) is 17.2 Å². The zero-order valence-electron chi connectivity index (χ0n) is 11.4. The zero-order valence-corrected chi connectivity index (χ0v) is 13.8. The number of ether oxygens (including phenoxy) is 1. The molecule has 0 spiro atoms. The summed E-state index contributed by atoms with van der Waals surface area (Å²) in [6.07, 6.45) is 1.83. The molecular weight excluding hydrogens is 312 g/mol. The van der Waals surface area contributed by atoms with E-state index in [1.54, 1.807) is 0 Å². The Morgan fingerprint density at radius 3 is 2.56 bits per heavy atom. The molecule has 0 bridgehead atoms. The van der Waals surface area contributed by atoms with Gasteiger partial charge in [0.25, 0.3) is 0 Å². The summed E-state index contributed by atoms with van der Waals surface area (Å²) >= 11 is 8.81. The highest BCUT2D eigenvalue weighted by Gasteiger charge is 2.15. The van der Waals surface area contributed by atoms with Crippen LogP contribution in [0.1, 0.15) is 51.7 Å². The Morgan fingerprint density at radius 1 is 1.39 bits per heavy atom. The van der Waals surface area contributed by atoms with Crippen molar-refractivity contribution in [1.82, 2.24) is 9.97 Å². The van der Waals surface area contributed by atoms with Crippen molar-refractivity contribution < 1.29 is 4.74 Å². The first kappa shape index (κ1) is 15.8. The Bertz CT molecular complexity index is 445. The minimum Gasteiger partial charge on any atom is -0.371 e. The summed E-state index contributed by atoms with van der Waals surface area (Å²) in [4.78, 5) is 7.79. The van der Waals surface area contributed by atoms with Crippen LogP contribution in [0.25, 0.3) is 0 Å². The Labute approximate surface area is 122 Å². The maximum atomic E-state index is 5.68. The van der Waals surface area contributed by atoms with E-state index < -0.39 is 0 Å². The Hall–Kier alpha value is -0.260. The summed E-state index contributed by atoms with van der Waals surface area (Å²) in [5.74, 6) is 1.40. The second-order valence-electron chi connectivity index (χ2n) is 4.67. The molecule has 0 aliphatic rings. The van der Waals surface area contributed by atoms with Crippen molar-refractivity contribution in [3.8, 4) is 0 Å². The van der Waals surface area contributed by atoms with Crippen molar-refractivity contribution in [3.05, 3.63) is 20.6 Å². The summed E-state index contributed by atoms with van der Waals surface area (Å²) in [5, 5.41) is 0. The average Bonchev–Trinajstić information content (AvgIpc) is 2.31. The predicted molar refractivity (Wildman–Crippen MR) is 80.3 cm³/mol. The molecule has 1 atom stereocenters. The Balaban J connectivity index is 3.14. The number of nitrogens with one attached hydrogen (secondary N) is 1. The normalized spacial score (nSPS) is 13.0. The van der Waals surface area contributed by atoms with Crippen LogP contribution in [0.15, 0.2) is 4.47 Å². The smallest absolute Gasteiger partial charge is 0.144 e. The van der Waals surface area contributed by atoms with Gasteiger partial charge < -0.3 is 9.72 Å². The molecule has 0 aliphatic carbocycles. The number of hydrogen-bond acceptors (Lipinski definition) is 3. The molecular formula is C13H21BrN2OS. The van der Waals surface area contributed by atoms with Gasteiger partial charge in [0.05, 0.1) is 4.47 Å². The number of aromatic amines is 1. The van der Waals surface area contributed by atoms with Crippen LogP contribution in [0.4, 0.5) is 0 Å². The predicted octanol–water partition coefficient (Wildman–Crippen LogP) is 4.59. The first-order chi connectivity index (χ1) is 8.49. The molecule has 0 amide bonds. The van der Waals surface area contributed by atoms with Crippen LogP contribution in [0, 0.1) is 10.6 Å². The molecule has 3 nitrogen and oxygen atoms in total. The van der Waals surface area contributed by atoms with Crippen molar-refractivity contribution in [1.29, 1.82) is 0 Å². The van der Waals surface area contributed by atoms with Gasteiger partial charge in [-0.15, -0.1) is 0 Å². The molecule has 1 aromatic heterocycles. The summed E-state index contributed by atoms with van der Waals surface area (Å²) in [6, 6.07) is 0. The maximum absolute atomic E-state index is 5.68. The number of halogens is 1. The largest absolute Gasteiger partial charge is 0.371 e. The quantitative estimate of drug-likeness (QED) is 0.774. The molecule has 18 heavy (non-hydrogen) atoms. The van der Waals surface area contributed by atoms with Gasteiger partial charge in [0.2, 0.25) is 0 Å². The molecule has 5 heteroatoms. The van der Waals surface area contributed by atoms with E-state index in [1.165, 1.54) is 0 Å². The minimum atomic E-state index is -0.00397. The molecule has 1 N–H and O–H groups in total. The van der Waals surface area contributed by atoms with Gasteiger partial charge in [0, 0.05) is 12.3 Å². The number of aromatic nitrogens is 2. The topological polar surface area (TPSA) is 37.9 Å². The molecule has 1 aromatic rings. The fraction of sp³-hybridized carbons (Fsp3) is 0.692. The molecule has 102 valence electrons. The summed E-state index contributed by atoms with van der Waals surface area (Å²) in [5.41, 5.74) is 1.11. The first-order valence-corrected chi connectivity index (χ1v) is 7.59. The highest BCUT2D eigenvalue weighted by atomic mass is 79.9.